The summed E-state index contributed by atoms with van der Waals surface area (Å²) >= 11 is 13.0. The molecule has 2 aliphatic rings. The highest BCUT2D eigenvalue weighted by Crippen LogP contribution is 2.46. The third kappa shape index (κ3) is 4.63. The Morgan fingerprint density at radius 1 is 1.08 bits per heavy atom. The Morgan fingerprint density at radius 3 is 2.58 bits per heavy atom. The molecule has 8 heteroatoms. The number of benzene rings is 3. The van der Waals surface area contributed by atoms with Gasteiger partial charge in [0.05, 0.1) is 27.2 Å². The number of ether oxygens (including phenoxy) is 1. The van der Waals surface area contributed by atoms with Crippen LogP contribution in [-0.2, 0) is 13.0 Å². The SMILES string of the molecule is CN1c2ccc(OCc3c(-c4c(Cl)cccc4Cl)noc3C3CC3)cc2CC[C@H]1c1cccc(C(=O)O)c1. The molecule has 0 amide bonds. The van der Waals surface area contributed by atoms with Crippen molar-refractivity contribution in [3.63, 3.8) is 0 Å². The summed E-state index contributed by atoms with van der Waals surface area (Å²) in [6.45, 7) is 0.297. The molecule has 194 valence electrons. The normalized spacial score (nSPS) is 16.8. The molecule has 0 unspecified atom stereocenters. The van der Waals surface area contributed by atoms with Crippen LogP contribution in [0.5, 0.6) is 5.75 Å². The van der Waals surface area contributed by atoms with Crippen LogP contribution in [0.1, 0.15) is 64.0 Å². The Labute approximate surface area is 230 Å². The van der Waals surface area contributed by atoms with E-state index in [1.807, 2.05) is 24.3 Å². The van der Waals surface area contributed by atoms with E-state index in [0.29, 0.717) is 39.4 Å². The molecule has 2 heterocycles. The van der Waals surface area contributed by atoms with E-state index in [1.165, 1.54) is 5.56 Å². The number of aromatic carboxylic acids is 1. The number of aromatic nitrogens is 1. The molecule has 1 aromatic heterocycles. The maximum Gasteiger partial charge on any atom is 0.335 e. The molecule has 0 radical (unpaired) electrons. The van der Waals surface area contributed by atoms with Gasteiger partial charge in [0.25, 0.3) is 0 Å². The molecule has 1 fully saturated rings. The summed E-state index contributed by atoms with van der Waals surface area (Å²) < 4.78 is 12.1. The molecule has 1 atom stereocenters. The average Bonchev–Trinajstić information content (AvgIpc) is 3.67. The molecule has 1 saturated carbocycles. The van der Waals surface area contributed by atoms with Gasteiger partial charge in [0, 0.05) is 24.2 Å². The van der Waals surface area contributed by atoms with E-state index in [-0.39, 0.29) is 6.04 Å². The van der Waals surface area contributed by atoms with Crippen LogP contribution in [0.4, 0.5) is 5.69 Å². The Morgan fingerprint density at radius 2 is 1.84 bits per heavy atom. The monoisotopic (exact) mass is 548 g/mol. The van der Waals surface area contributed by atoms with E-state index in [2.05, 4.69) is 29.2 Å². The van der Waals surface area contributed by atoms with Gasteiger partial charge in [-0.05, 0) is 79.3 Å². The summed E-state index contributed by atoms with van der Waals surface area (Å²) in [6, 6.07) is 18.8. The molecule has 0 bridgehead atoms. The van der Waals surface area contributed by atoms with E-state index in [1.54, 1.807) is 24.3 Å². The van der Waals surface area contributed by atoms with Gasteiger partial charge in [0.2, 0.25) is 0 Å². The number of rotatable bonds is 7. The van der Waals surface area contributed by atoms with E-state index in [4.69, 9.17) is 32.5 Å². The lowest BCUT2D eigenvalue weighted by molar-refractivity contribution is 0.0696. The highest BCUT2D eigenvalue weighted by Gasteiger charge is 2.34. The second kappa shape index (κ2) is 10.0. The van der Waals surface area contributed by atoms with Gasteiger partial charge in [-0.2, -0.15) is 0 Å². The highest BCUT2D eigenvalue weighted by molar-refractivity contribution is 6.39. The lowest BCUT2D eigenvalue weighted by Gasteiger charge is -2.36. The van der Waals surface area contributed by atoms with Gasteiger partial charge in [-0.15, -0.1) is 0 Å². The number of hydrogen-bond donors (Lipinski definition) is 1. The zero-order valence-electron chi connectivity index (χ0n) is 20.8. The van der Waals surface area contributed by atoms with Gasteiger partial charge in [0.1, 0.15) is 23.8 Å². The molecule has 1 N–H and O–H groups in total. The molecule has 4 aromatic rings. The maximum absolute atomic E-state index is 11.4. The lowest BCUT2D eigenvalue weighted by Crippen LogP contribution is -2.29. The third-order valence-corrected chi connectivity index (χ3v) is 8.08. The summed E-state index contributed by atoms with van der Waals surface area (Å²) in [6.07, 6.45) is 3.88. The fourth-order valence-corrected chi connectivity index (χ4v) is 5.90. The number of fused-ring (bicyclic) bond motifs is 1. The smallest absolute Gasteiger partial charge is 0.335 e. The molecule has 1 aliphatic heterocycles. The van der Waals surface area contributed by atoms with Gasteiger partial charge in [-0.3, -0.25) is 0 Å². The summed E-state index contributed by atoms with van der Waals surface area (Å²) in [5.74, 6) is 1.05. The number of halogens is 2. The van der Waals surface area contributed by atoms with E-state index in [0.717, 1.165) is 54.0 Å². The van der Waals surface area contributed by atoms with Crippen molar-refractivity contribution < 1.29 is 19.2 Å². The first-order chi connectivity index (χ1) is 18.4. The molecule has 3 aromatic carbocycles. The van der Waals surface area contributed by atoms with Gasteiger partial charge in [0.15, 0.2) is 0 Å². The maximum atomic E-state index is 11.4. The van der Waals surface area contributed by atoms with Crippen LogP contribution < -0.4 is 9.64 Å². The van der Waals surface area contributed by atoms with Crippen molar-refractivity contribution in [3.8, 4) is 17.0 Å². The van der Waals surface area contributed by atoms with Gasteiger partial charge in [-0.25, -0.2) is 4.79 Å². The third-order valence-electron chi connectivity index (χ3n) is 7.45. The fraction of sp³-hybridized carbons (Fsp3) is 0.267. The van der Waals surface area contributed by atoms with Crippen molar-refractivity contribution in [2.45, 2.75) is 44.2 Å². The molecule has 38 heavy (non-hydrogen) atoms. The predicted octanol–water partition coefficient (Wildman–Crippen LogP) is 7.93. The molecule has 0 spiro atoms. The number of carbonyl (C=O) groups is 1. The minimum Gasteiger partial charge on any atom is -0.489 e. The Balaban J connectivity index is 1.24. The van der Waals surface area contributed by atoms with Crippen LogP contribution in [0, 0.1) is 0 Å². The van der Waals surface area contributed by atoms with Crippen LogP contribution in [0.2, 0.25) is 10.0 Å². The van der Waals surface area contributed by atoms with Crippen molar-refractivity contribution in [1.82, 2.24) is 5.16 Å². The fourth-order valence-electron chi connectivity index (χ4n) is 5.32. The van der Waals surface area contributed by atoms with E-state index >= 15 is 0 Å². The Bertz CT molecular complexity index is 1510. The van der Waals surface area contributed by atoms with Gasteiger partial charge >= 0.3 is 5.97 Å². The van der Waals surface area contributed by atoms with E-state index < -0.39 is 5.97 Å². The summed E-state index contributed by atoms with van der Waals surface area (Å²) in [5.41, 5.74) is 5.79. The minimum atomic E-state index is -0.912. The highest BCUT2D eigenvalue weighted by atomic mass is 35.5. The average molecular weight is 549 g/mol. The predicted molar refractivity (Wildman–Crippen MR) is 148 cm³/mol. The topological polar surface area (TPSA) is 75.8 Å². The van der Waals surface area contributed by atoms with E-state index in [9.17, 15) is 9.90 Å². The summed E-state index contributed by atoms with van der Waals surface area (Å²) in [5, 5.41) is 14.8. The van der Waals surface area contributed by atoms with Crippen LogP contribution in [0.3, 0.4) is 0 Å². The number of carboxylic acid groups (broad SMARTS) is 1. The largest absolute Gasteiger partial charge is 0.489 e. The number of anilines is 1. The van der Waals surface area contributed by atoms with Gasteiger partial charge < -0.3 is 19.3 Å². The van der Waals surface area contributed by atoms with Crippen molar-refractivity contribution >= 4 is 34.9 Å². The summed E-state index contributed by atoms with van der Waals surface area (Å²) in [4.78, 5) is 13.7. The lowest BCUT2D eigenvalue weighted by atomic mass is 9.91. The standard InChI is InChI=1S/C30H26Cl2N2O4/c1-34-25(18-4-2-5-20(14-18)30(35)36)12-10-19-15-21(11-13-26(19)34)37-16-22-28(33-38-29(22)17-8-9-17)27-23(31)6-3-7-24(27)32/h2-7,11,13-15,17,25H,8-10,12,16H2,1H3,(H,35,36)/t25-/m0/s1. The van der Waals surface area contributed by atoms with Crippen molar-refractivity contribution in [1.29, 1.82) is 0 Å². The van der Waals surface area contributed by atoms with Crippen LogP contribution in [0.25, 0.3) is 11.3 Å². The first-order valence-electron chi connectivity index (χ1n) is 12.7. The first-order valence-corrected chi connectivity index (χ1v) is 13.4. The number of aryl methyl sites for hydroxylation is 1. The quantitative estimate of drug-likeness (QED) is 0.252. The number of hydrogen-bond acceptors (Lipinski definition) is 5. The van der Waals surface area contributed by atoms with Crippen molar-refractivity contribution in [3.05, 3.63) is 98.7 Å². The molecule has 6 nitrogen and oxygen atoms in total. The zero-order valence-corrected chi connectivity index (χ0v) is 22.3. The molecular weight excluding hydrogens is 523 g/mol. The van der Waals surface area contributed by atoms with Crippen molar-refractivity contribution in [2.24, 2.45) is 0 Å². The second-order valence-electron chi connectivity index (χ2n) is 9.92. The van der Waals surface area contributed by atoms with Crippen LogP contribution >= 0.6 is 23.2 Å². The molecule has 0 saturated heterocycles. The molecule has 6 rings (SSSR count). The minimum absolute atomic E-state index is 0.106. The van der Waals surface area contributed by atoms with Gasteiger partial charge in [-0.1, -0.05) is 46.6 Å². The second-order valence-corrected chi connectivity index (χ2v) is 10.7. The summed E-state index contributed by atoms with van der Waals surface area (Å²) in [7, 11) is 2.05. The van der Waals surface area contributed by atoms with Crippen molar-refractivity contribution in [2.75, 3.05) is 11.9 Å². The van der Waals surface area contributed by atoms with Crippen LogP contribution in [-0.4, -0.2) is 23.3 Å². The van der Waals surface area contributed by atoms with Crippen LogP contribution in [0.15, 0.2) is 65.2 Å². The Hall–Kier alpha value is -3.48. The number of carboxylic acids is 1. The first kappa shape index (κ1) is 24.8. The molecular formula is C30H26Cl2N2O4. The molecule has 1 aliphatic carbocycles. The Kier molecular flexibility index (Phi) is 6.54. The zero-order chi connectivity index (χ0) is 26.4. The number of nitrogens with zero attached hydrogens (tertiary/aromatic N) is 2.